The number of hydrogen-bond donors (Lipinski definition) is 1. The summed E-state index contributed by atoms with van der Waals surface area (Å²) in [5, 5.41) is 4.18. The highest BCUT2D eigenvalue weighted by Crippen LogP contribution is 2.25. The van der Waals surface area contributed by atoms with Gasteiger partial charge in [0.25, 0.3) is 0 Å². The van der Waals surface area contributed by atoms with Gasteiger partial charge in [-0.15, -0.1) is 0 Å². The Hall–Kier alpha value is -1.65. The van der Waals surface area contributed by atoms with Crippen LogP contribution in [-0.4, -0.2) is 13.1 Å². The van der Waals surface area contributed by atoms with E-state index >= 15 is 0 Å². The minimum atomic E-state index is -0.431. The third-order valence-electron chi connectivity index (χ3n) is 2.46. The van der Waals surface area contributed by atoms with E-state index in [0.29, 0.717) is 27.9 Å². The average Bonchev–Trinajstić information content (AvgIpc) is 2.85. The Labute approximate surface area is 120 Å². The smallest absolute Gasteiger partial charge is 0.341 e. The first-order valence-corrected chi connectivity index (χ1v) is 6.20. The van der Waals surface area contributed by atoms with Gasteiger partial charge in [0.15, 0.2) is 0 Å². The summed E-state index contributed by atoms with van der Waals surface area (Å²) in [4.78, 5) is 11.3. The number of carbonyl (C=O) groups is 1. The van der Waals surface area contributed by atoms with Crippen molar-refractivity contribution in [3.63, 3.8) is 0 Å². The molecule has 0 saturated carbocycles. The third kappa shape index (κ3) is 3.43. The maximum Gasteiger partial charge on any atom is 0.341 e. The molecule has 0 fully saturated rings. The number of nitrogens with one attached hydrogen (secondary N) is 1. The number of carbonyl (C=O) groups excluding carboxylic acids is 1. The second kappa shape index (κ2) is 5.99. The summed E-state index contributed by atoms with van der Waals surface area (Å²) in [6, 6.07) is 6.77. The molecule has 1 aromatic carbocycles. The van der Waals surface area contributed by atoms with Crippen LogP contribution in [0.4, 0.5) is 5.69 Å². The molecular formula is C13H11Cl2NO3. The quantitative estimate of drug-likeness (QED) is 0.868. The van der Waals surface area contributed by atoms with Crippen molar-refractivity contribution in [2.24, 2.45) is 0 Å². The molecule has 0 radical (unpaired) electrons. The van der Waals surface area contributed by atoms with Crippen LogP contribution >= 0.6 is 23.2 Å². The average molecular weight is 300 g/mol. The monoisotopic (exact) mass is 299 g/mol. The molecule has 100 valence electrons. The van der Waals surface area contributed by atoms with Gasteiger partial charge in [-0.25, -0.2) is 4.79 Å². The lowest BCUT2D eigenvalue weighted by Gasteiger charge is -2.06. The zero-order chi connectivity index (χ0) is 13.8. The molecule has 2 aromatic rings. The molecule has 0 aliphatic heterocycles. The molecule has 19 heavy (non-hydrogen) atoms. The van der Waals surface area contributed by atoms with Crippen LogP contribution in [0.1, 0.15) is 16.1 Å². The first-order valence-electron chi connectivity index (χ1n) is 5.45. The molecule has 0 spiro atoms. The molecule has 6 heteroatoms. The maximum atomic E-state index is 11.3. The summed E-state index contributed by atoms with van der Waals surface area (Å²) in [5.74, 6) is 0.172. The Morgan fingerprint density at radius 2 is 2.16 bits per heavy atom. The Bertz CT molecular complexity index is 595. The van der Waals surface area contributed by atoms with E-state index in [1.165, 1.54) is 13.4 Å². The van der Waals surface area contributed by atoms with Crippen LogP contribution in [-0.2, 0) is 11.3 Å². The number of methoxy groups -OCH3 is 1. The lowest BCUT2D eigenvalue weighted by Crippen LogP contribution is -2.00. The van der Waals surface area contributed by atoms with E-state index in [2.05, 4.69) is 10.1 Å². The number of benzene rings is 1. The van der Waals surface area contributed by atoms with E-state index in [4.69, 9.17) is 27.6 Å². The van der Waals surface area contributed by atoms with Crippen LogP contribution in [0.2, 0.25) is 10.0 Å². The molecule has 0 bridgehead atoms. The van der Waals surface area contributed by atoms with Crippen LogP contribution in [0.15, 0.2) is 34.9 Å². The molecule has 0 amide bonds. The number of furan rings is 1. The molecule has 0 aliphatic carbocycles. The number of ether oxygens (including phenoxy) is 1. The van der Waals surface area contributed by atoms with E-state index in [0.717, 1.165) is 5.69 Å². The highest BCUT2D eigenvalue weighted by atomic mass is 35.5. The lowest BCUT2D eigenvalue weighted by atomic mass is 10.3. The van der Waals surface area contributed by atoms with Crippen LogP contribution in [0.25, 0.3) is 0 Å². The molecule has 0 atom stereocenters. The van der Waals surface area contributed by atoms with Gasteiger partial charge in [-0.3, -0.25) is 0 Å². The Morgan fingerprint density at radius 3 is 2.84 bits per heavy atom. The molecule has 0 saturated heterocycles. The van der Waals surface area contributed by atoms with Crippen molar-refractivity contribution in [1.82, 2.24) is 0 Å². The molecule has 2 rings (SSSR count). The van der Waals surface area contributed by atoms with Crippen LogP contribution in [0, 0.1) is 0 Å². The molecule has 0 unspecified atom stereocenters. The first-order chi connectivity index (χ1) is 9.10. The fourth-order valence-electron chi connectivity index (χ4n) is 1.51. The lowest BCUT2D eigenvalue weighted by molar-refractivity contribution is 0.0600. The van der Waals surface area contributed by atoms with E-state index in [-0.39, 0.29) is 0 Å². The minimum Gasteiger partial charge on any atom is -0.467 e. The van der Waals surface area contributed by atoms with Gasteiger partial charge in [-0.2, -0.15) is 0 Å². The van der Waals surface area contributed by atoms with Crippen molar-refractivity contribution in [2.75, 3.05) is 12.4 Å². The van der Waals surface area contributed by atoms with Gasteiger partial charge in [-0.05, 0) is 24.3 Å². The minimum absolute atomic E-state index is 0.376. The summed E-state index contributed by atoms with van der Waals surface area (Å²) in [7, 11) is 1.32. The van der Waals surface area contributed by atoms with Crippen molar-refractivity contribution in [1.29, 1.82) is 0 Å². The van der Waals surface area contributed by atoms with Gasteiger partial charge in [0.1, 0.15) is 12.0 Å². The SMILES string of the molecule is COC(=O)c1coc(CNc2ccc(Cl)cc2Cl)c1. The molecule has 0 aliphatic rings. The van der Waals surface area contributed by atoms with Gasteiger partial charge in [0, 0.05) is 5.02 Å². The van der Waals surface area contributed by atoms with Gasteiger partial charge >= 0.3 is 5.97 Å². The zero-order valence-corrected chi connectivity index (χ0v) is 11.6. The van der Waals surface area contributed by atoms with E-state index in [1.54, 1.807) is 24.3 Å². The van der Waals surface area contributed by atoms with Crippen molar-refractivity contribution in [3.05, 3.63) is 51.9 Å². The van der Waals surface area contributed by atoms with Gasteiger partial charge in [0.2, 0.25) is 0 Å². The topological polar surface area (TPSA) is 51.5 Å². The second-order valence-electron chi connectivity index (χ2n) is 3.77. The standard InChI is InChI=1S/C13H11Cl2NO3/c1-18-13(17)8-4-10(19-7-8)6-16-12-3-2-9(14)5-11(12)15/h2-5,7,16H,6H2,1H3. The maximum absolute atomic E-state index is 11.3. The molecule has 1 N–H and O–H groups in total. The zero-order valence-electron chi connectivity index (χ0n) is 10.1. The second-order valence-corrected chi connectivity index (χ2v) is 4.61. The molecule has 4 nitrogen and oxygen atoms in total. The van der Waals surface area contributed by atoms with E-state index < -0.39 is 5.97 Å². The van der Waals surface area contributed by atoms with Crippen LogP contribution < -0.4 is 5.32 Å². The largest absolute Gasteiger partial charge is 0.467 e. The molecular weight excluding hydrogens is 289 g/mol. The summed E-state index contributed by atoms with van der Waals surface area (Å²) < 4.78 is 9.83. The van der Waals surface area contributed by atoms with Gasteiger partial charge < -0.3 is 14.5 Å². The number of rotatable bonds is 4. The van der Waals surface area contributed by atoms with Crippen molar-refractivity contribution >= 4 is 34.9 Å². The van der Waals surface area contributed by atoms with E-state index in [1.807, 2.05) is 0 Å². The summed E-state index contributed by atoms with van der Waals surface area (Å²) in [5.41, 5.74) is 1.11. The Kier molecular flexibility index (Phi) is 4.35. The third-order valence-corrected chi connectivity index (χ3v) is 3.01. The molecule has 1 aromatic heterocycles. The highest BCUT2D eigenvalue weighted by Gasteiger charge is 2.10. The first kappa shape index (κ1) is 13.8. The predicted molar refractivity (Wildman–Crippen MR) is 73.8 cm³/mol. The van der Waals surface area contributed by atoms with E-state index in [9.17, 15) is 4.79 Å². The fraction of sp³-hybridized carbons (Fsp3) is 0.154. The summed E-state index contributed by atoms with van der Waals surface area (Å²) >= 11 is 11.8. The Morgan fingerprint density at radius 1 is 1.37 bits per heavy atom. The van der Waals surface area contributed by atoms with Crippen molar-refractivity contribution in [2.45, 2.75) is 6.54 Å². The van der Waals surface area contributed by atoms with Crippen LogP contribution in [0.3, 0.4) is 0 Å². The highest BCUT2D eigenvalue weighted by molar-refractivity contribution is 6.36. The predicted octanol–water partition coefficient (Wildman–Crippen LogP) is 3.99. The van der Waals surface area contributed by atoms with Gasteiger partial charge in [0.05, 0.1) is 29.9 Å². The Balaban J connectivity index is 2.02. The molecule has 1 heterocycles. The van der Waals surface area contributed by atoms with Crippen molar-refractivity contribution < 1.29 is 13.9 Å². The number of esters is 1. The number of anilines is 1. The number of halogens is 2. The van der Waals surface area contributed by atoms with Crippen LogP contribution in [0.5, 0.6) is 0 Å². The summed E-state index contributed by atoms with van der Waals surface area (Å²) in [6.07, 6.45) is 1.35. The normalized spacial score (nSPS) is 10.3. The van der Waals surface area contributed by atoms with Gasteiger partial charge in [-0.1, -0.05) is 23.2 Å². The van der Waals surface area contributed by atoms with Crippen molar-refractivity contribution in [3.8, 4) is 0 Å². The summed E-state index contributed by atoms with van der Waals surface area (Å²) in [6.45, 7) is 0.401. The number of hydrogen-bond acceptors (Lipinski definition) is 4. The fourth-order valence-corrected chi connectivity index (χ4v) is 1.99.